The Labute approximate surface area is 146 Å². The lowest BCUT2D eigenvalue weighted by Crippen LogP contribution is -2.06. The SMILES string of the molecule is O=C(O)c1ccc(C=Cc2ccc(C(=O)OCCCCO)cc2)cc1. The third kappa shape index (κ3) is 5.90. The second-order valence-electron chi connectivity index (χ2n) is 5.45. The summed E-state index contributed by atoms with van der Waals surface area (Å²) in [6, 6.07) is 13.6. The smallest absolute Gasteiger partial charge is 0.338 e. The normalized spacial score (nSPS) is 10.8. The van der Waals surface area contributed by atoms with Crippen molar-refractivity contribution in [1.29, 1.82) is 0 Å². The van der Waals surface area contributed by atoms with Crippen molar-refractivity contribution in [3.8, 4) is 0 Å². The minimum atomic E-state index is -0.950. The third-order valence-corrected chi connectivity index (χ3v) is 3.56. The number of carboxylic acid groups (broad SMARTS) is 1. The number of unbranched alkanes of at least 4 members (excludes halogenated alkanes) is 1. The minimum Gasteiger partial charge on any atom is -0.478 e. The summed E-state index contributed by atoms with van der Waals surface area (Å²) in [5.74, 6) is -1.33. The summed E-state index contributed by atoms with van der Waals surface area (Å²) in [7, 11) is 0. The molecular weight excluding hydrogens is 320 g/mol. The van der Waals surface area contributed by atoms with E-state index in [1.807, 2.05) is 24.3 Å². The van der Waals surface area contributed by atoms with E-state index < -0.39 is 5.97 Å². The fraction of sp³-hybridized carbons (Fsp3) is 0.200. The molecule has 2 rings (SSSR count). The Balaban J connectivity index is 1.93. The van der Waals surface area contributed by atoms with Crippen LogP contribution in [0.1, 0.15) is 44.7 Å². The lowest BCUT2D eigenvalue weighted by atomic mass is 10.1. The van der Waals surface area contributed by atoms with E-state index >= 15 is 0 Å². The van der Waals surface area contributed by atoms with E-state index in [1.165, 1.54) is 0 Å². The van der Waals surface area contributed by atoms with Crippen molar-refractivity contribution in [3.05, 3.63) is 70.8 Å². The van der Waals surface area contributed by atoms with Crippen LogP contribution < -0.4 is 0 Å². The van der Waals surface area contributed by atoms with Gasteiger partial charge in [-0.25, -0.2) is 9.59 Å². The quantitative estimate of drug-likeness (QED) is 0.437. The second-order valence-corrected chi connectivity index (χ2v) is 5.45. The first-order valence-electron chi connectivity index (χ1n) is 7.99. The number of carboxylic acids is 1. The topological polar surface area (TPSA) is 83.8 Å². The van der Waals surface area contributed by atoms with Crippen molar-refractivity contribution in [2.24, 2.45) is 0 Å². The summed E-state index contributed by atoms with van der Waals surface area (Å²) in [6.07, 6.45) is 5.01. The van der Waals surface area contributed by atoms with E-state index in [0.717, 1.165) is 11.1 Å². The van der Waals surface area contributed by atoms with E-state index in [0.29, 0.717) is 25.0 Å². The molecule has 5 nitrogen and oxygen atoms in total. The first-order valence-corrected chi connectivity index (χ1v) is 7.99. The van der Waals surface area contributed by atoms with E-state index in [1.54, 1.807) is 36.4 Å². The van der Waals surface area contributed by atoms with Crippen LogP contribution >= 0.6 is 0 Å². The first kappa shape index (κ1) is 18.4. The number of benzene rings is 2. The summed E-state index contributed by atoms with van der Waals surface area (Å²) in [4.78, 5) is 22.6. The molecule has 25 heavy (non-hydrogen) atoms. The van der Waals surface area contributed by atoms with Crippen LogP contribution in [0.5, 0.6) is 0 Å². The van der Waals surface area contributed by atoms with Crippen LogP contribution in [0.25, 0.3) is 12.2 Å². The van der Waals surface area contributed by atoms with Crippen LogP contribution in [-0.2, 0) is 4.74 Å². The molecule has 2 aromatic rings. The number of carbonyl (C=O) groups is 2. The van der Waals surface area contributed by atoms with E-state index in [2.05, 4.69) is 0 Å². The van der Waals surface area contributed by atoms with Crippen molar-refractivity contribution in [2.75, 3.05) is 13.2 Å². The molecule has 0 aliphatic heterocycles. The molecule has 0 radical (unpaired) electrons. The van der Waals surface area contributed by atoms with Gasteiger partial charge in [0.15, 0.2) is 0 Å². The number of hydrogen-bond acceptors (Lipinski definition) is 4. The Bertz CT molecular complexity index is 730. The maximum absolute atomic E-state index is 11.8. The van der Waals surface area contributed by atoms with Gasteiger partial charge in [-0.1, -0.05) is 36.4 Å². The number of aromatic carboxylic acids is 1. The molecule has 0 fully saturated rings. The molecule has 0 amide bonds. The van der Waals surface area contributed by atoms with Gasteiger partial charge in [0.1, 0.15) is 0 Å². The van der Waals surface area contributed by atoms with Gasteiger partial charge in [0, 0.05) is 6.61 Å². The third-order valence-electron chi connectivity index (χ3n) is 3.56. The van der Waals surface area contributed by atoms with Crippen molar-refractivity contribution in [1.82, 2.24) is 0 Å². The standard InChI is InChI=1S/C20H20O5/c21-13-1-2-14-25-20(24)18-11-7-16(8-12-18)4-3-15-5-9-17(10-6-15)19(22)23/h3-12,21H,1-2,13-14H2,(H,22,23). The minimum absolute atomic E-state index is 0.0949. The molecule has 0 heterocycles. The number of rotatable bonds is 8. The number of aliphatic hydroxyl groups excluding tert-OH is 1. The Morgan fingerprint density at radius 2 is 1.36 bits per heavy atom. The summed E-state index contributed by atoms with van der Waals surface area (Å²) >= 11 is 0. The highest BCUT2D eigenvalue weighted by molar-refractivity contribution is 5.90. The van der Waals surface area contributed by atoms with Crippen LogP contribution in [0.4, 0.5) is 0 Å². The fourth-order valence-electron chi connectivity index (χ4n) is 2.12. The summed E-state index contributed by atoms with van der Waals surface area (Å²) in [6.45, 7) is 0.394. The van der Waals surface area contributed by atoms with Crippen molar-refractivity contribution < 1.29 is 24.5 Å². The number of esters is 1. The molecule has 2 N–H and O–H groups in total. The molecule has 0 saturated carbocycles. The molecule has 0 bridgehead atoms. The van der Waals surface area contributed by atoms with Crippen LogP contribution in [0, 0.1) is 0 Å². The maximum Gasteiger partial charge on any atom is 0.338 e. The van der Waals surface area contributed by atoms with E-state index in [4.69, 9.17) is 14.9 Å². The van der Waals surface area contributed by atoms with Gasteiger partial charge in [-0.3, -0.25) is 0 Å². The van der Waals surface area contributed by atoms with Gasteiger partial charge in [-0.15, -0.1) is 0 Å². The van der Waals surface area contributed by atoms with Gasteiger partial charge in [0.25, 0.3) is 0 Å². The predicted molar refractivity (Wildman–Crippen MR) is 95.4 cm³/mol. The number of aliphatic hydroxyl groups is 1. The molecule has 0 spiro atoms. The number of ether oxygens (including phenoxy) is 1. The lowest BCUT2D eigenvalue weighted by molar-refractivity contribution is 0.0492. The predicted octanol–water partition coefficient (Wildman–Crippen LogP) is 3.48. The molecule has 0 unspecified atom stereocenters. The Morgan fingerprint density at radius 1 is 0.840 bits per heavy atom. The van der Waals surface area contributed by atoms with Crippen LogP contribution in [0.15, 0.2) is 48.5 Å². The Hall–Kier alpha value is -2.92. The van der Waals surface area contributed by atoms with Gasteiger partial charge in [-0.05, 0) is 48.2 Å². The number of hydrogen-bond donors (Lipinski definition) is 2. The maximum atomic E-state index is 11.8. The first-order chi connectivity index (χ1) is 12.1. The summed E-state index contributed by atoms with van der Waals surface area (Å²) in [5.41, 5.74) is 2.53. The molecule has 0 aromatic heterocycles. The molecule has 0 saturated heterocycles. The molecule has 0 aliphatic carbocycles. The number of carbonyl (C=O) groups excluding carboxylic acids is 1. The van der Waals surface area contributed by atoms with Crippen LogP contribution in [-0.4, -0.2) is 35.4 Å². The average molecular weight is 340 g/mol. The zero-order valence-electron chi connectivity index (χ0n) is 13.7. The molecule has 0 aliphatic rings. The highest BCUT2D eigenvalue weighted by Crippen LogP contribution is 2.12. The Morgan fingerprint density at radius 3 is 1.84 bits per heavy atom. The van der Waals surface area contributed by atoms with Crippen molar-refractivity contribution in [2.45, 2.75) is 12.8 Å². The summed E-state index contributed by atoms with van der Waals surface area (Å²) < 4.78 is 5.11. The monoisotopic (exact) mass is 340 g/mol. The molecule has 0 atom stereocenters. The van der Waals surface area contributed by atoms with Crippen molar-refractivity contribution in [3.63, 3.8) is 0 Å². The highest BCUT2D eigenvalue weighted by Gasteiger charge is 2.06. The largest absolute Gasteiger partial charge is 0.478 e. The van der Waals surface area contributed by atoms with Gasteiger partial charge in [0.2, 0.25) is 0 Å². The fourth-order valence-corrected chi connectivity index (χ4v) is 2.12. The lowest BCUT2D eigenvalue weighted by Gasteiger charge is -2.04. The van der Waals surface area contributed by atoms with Gasteiger partial charge < -0.3 is 14.9 Å². The summed E-state index contributed by atoms with van der Waals surface area (Å²) in [5, 5.41) is 17.5. The molecular formula is C20H20O5. The van der Waals surface area contributed by atoms with Crippen LogP contribution in [0.3, 0.4) is 0 Å². The van der Waals surface area contributed by atoms with Crippen molar-refractivity contribution >= 4 is 24.1 Å². The second kappa shape index (κ2) is 9.39. The average Bonchev–Trinajstić information content (AvgIpc) is 2.64. The molecule has 2 aromatic carbocycles. The van der Waals surface area contributed by atoms with E-state index in [9.17, 15) is 9.59 Å². The Kier molecular flexibility index (Phi) is 6.92. The zero-order chi connectivity index (χ0) is 18.1. The molecule has 5 heteroatoms. The van der Waals surface area contributed by atoms with Crippen LogP contribution in [0.2, 0.25) is 0 Å². The zero-order valence-corrected chi connectivity index (χ0v) is 13.7. The van der Waals surface area contributed by atoms with Gasteiger partial charge in [-0.2, -0.15) is 0 Å². The highest BCUT2D eigenvalue weighted by atomic mass is 16.5. The molecule has 130 valence electrons. The van der Waals surface area contributed by atoms with Gasteiger partial charge >= 0.3 is 11.9 Å². The van der Waals surface area contributed by atoms with Gasteiger partial charge in [0.05, 0.1) is 17.7 Å². The van der Waals surface area contributed by atoms with E-state index in [-0.39, 0.29) is 18.1 Å².